The number of amides is 3. The van der Waals surface area contributed by atoms with Crippen LogP contribution in [0.2, 0.25) is 0 Å². The van der Waals surface area contributed by atoms with Crippen LogP contribution >= 0.6 is 0 Å². The van der Waals surface area contributed by atoms with Crippen LogP contribution in [0, 0.1) is 13.8 Å². The molecule has 2 aromatic heterocycles. The number of carbonyl (C=O) groups excluding carboxylic acids is 3. The van der Waals surface area contributed by atoms with Crippen molar-refractivity contribution >= 4 is 17.7 Å². The molecule has 1 spiro atoms. The van der Waals surface area contributed by atoms with Crippen molar-refractivity contribution in [1.29, 1.82) is 0 Å². The van der Waals surface area contributed by atoms with E-state index in [2.05, 4.69) is 10.3 Å². The number of carbonyl (C=O) groups is 3. The average Bonchev–Trinajstić information content (AvgIpc) is 3.22. The van der Waals surface area contributed by atoms with Gasteiger partial charge in [-0.2, -0.15) is 0 Å². The summed E-state index contributed by atoms with van der Waals surface area (Å²) >= 11 is 0. The van der Waals surface area contributed by atoms with Gasteiger partial charge in [-0.3, -0.25) is 14.5 Å². The summed E-state index contributed by atoms with van der Waals surface area (Å²) in [7, 11) is 0. The number of fused-ring (bicyclic) bond motifs is 2. The van der Waals surface area contributed by atoms with E-state index < -0.39 is 11.6 Å². The summed E-state index contributed by atoms with van der Waals surface area (Å²) in [5.74, 6) is 0.0979. The molecule has 0 saturated carbocycles. The molecule has 7 heteroatoms. The van der Waals surface area contributed by atoms with Crippen LogP contribution in [0.3, 0.4) is 0 Å². The Morgan fingerprint density at radius 1 is 1.12 bits per heavy atom. The fourth-order valence-corrected chi connectivity index (χ4v) is 5.07. The van der Waals surface area contributed by atoms with Crippen molar-refractivity contribution in [3.8, 4) is 5.82 Å². The highest BCUT2D eigenvalue weighted by molar-refractivity contribution is 6.12. The third-order valence-electron chi connectivity index (χ3n) is 6.56. The first-order valence-corrected chi connectivity index (χ1v) is 10.8. The van der Waals surface area contributed by atoms with Crippen molar-refractivity contribution in [2.75, 3.05) is 6.54 Å². The lowest BCUT2D eigenvalue weighted by atomic mass is 9.76. The number of aromatic nitrogens is 2. The number of aryl methyl sites for hydroxylation is 2. The molecule has 1 saturated heterocycles. The Morgan fingerprint density at radius 3 is 2.69 bits per heavy atom. The third kappa shape index (κ3) is 2.96. The lowest BCUT2D eigenvalue weighted by Crippen LogP contribution is -2.46. The molecule has 32 heavy (non-hydrogen) atoms. The second-order valence-corrected chi connectivity index (χ2v) is 8.47. The van der Waals surface area contributed by atoms with Crippen LogP contribution in [0.4, 0.5) is 4.79 Å². The van der Waals surface area contributed by atoms with E-state index in [0.717, 1.165) is 40.3 Å². The zero-order valence-electron chi connectivity index (χ0n) is 18.1. The van der Waals surface area contributed by atoms with Gasteiger partial charge in [-0.15, -0.1) is 0 Å². The Kier molecular flexibility index (Phi) is 4.69. The Balaban J connectivity index is 1.44. The van der Waals surface area contributed by atoms with Crippen LogP contribution in [0.1, 0.15) is 45.7 Å². The van der Waals surface area contributed by atoms with Gasteiger partial charge in [0, 0.05) is 23.1 Å². The summed E-state index contributed by atoms with van der Waals surface area (Å²) in [5.41, 5.74) is 2.92. The van der Waals surface area contributed by atoms with Gasteiger partial charge < -0.3 is 9.88 Å². The molecule has 1 atom stereocenters. The van der Waals surface area contributed by atoms with Crippen molar-refractivity contribution in [3.05, 3.63) is 82.8 Å². The van der Waals surface area contributed by atoms with Gasteiger partial charge in [-0.25, -0.2) is 9.78 Å². The molecule has 162 valence electrons. The molecule has 1 aliphatic heterocycles. The molecule has 0 unspecified atom stereocenters. The normalized spacial score (nSPS) is 19.9. The predicted molar refractivity (Wildman–Crippen MR) is 119 cm³/mol. The standard InChI is InChI=1S/C25H24N4O3/c1-16-14-19(17(2)29(16)22-11-5-6-13-26-22)21(30)15-28-23(31)25(27-24(28)32)12-7-9-18-8-3-4-10-20(18)25/h3-6,8,10-11,13-14H,7,9,12,15H2,1-2H3,(H,27,32)/t25-/m0/s1. The number of rotatable bonds is 4. The minimum atomic E-state index is -1.07. The summed E-state index contributed by atoms with van der Waals surface area (Å²) in [5, 5.41) is 2.91. The van der Waals surface area contributed by atoms with Crippen molar-refractivity contribution in [3.63, 3.8) is 0 Å². The van der Waals surface area contributed by atoms with Gasteiger partial charge in [0.1, 0.15) is 11.4 Å². The highest BCUT2D eigenvalue weighted by Crippen LogP contribution is 2.40. The lowest BCUT2D eigenvalue weighted by Gasteiger charge is -2.33. The molecule has 1 aliphatic carbocycles. The number of nitrogens with zero attached hydrogens (tertiary/aromatic N) is 3. The number of hydrogen-bond donors (Lipinski definition) is 1. The summed E-state index contributed by atoms with van der Waals surface area (Å²) in [6.07, 6.45) is 3.91. The van der Waals surface area contributed by atoms with Crippen molar-refractivity contribution < 1.29 is 14.4 Å². The number of imide groups is 1. The topological polar surface area (TPSA) is 84.3 Å². The molecule has 3 heterocycles. The molecular formula is C25H24N4O3. The highest BCUT2D eigenvalue weighted by atomic mass is 16.2. The van der Waals surface area contributed by atoms with Crippen LogP contribution in [0.25, 0.3) is 5.82 Å². The van der Waals surface area contributed by atoms with E-state index in [1.165, 1.54) is 0 Å². The van der Waals surface area contributed by atoms with E-state index >= 15 is 0 Å². The van der Waals surface area contributed by atoms with E-state index in [-0.39, 0.29) is 18.2 Å². The second-order valence-electron chi connectivity index (χ2n) is 8.47. The number of Topliss-reactive ketones (excluding diaryl/α,β-unsaturated/α-hetero) is 1. The molecule has 5 rings (SSSR count). The van der Waals surface area contributed by atoms with Crippen LogP contribution in [0.5, 0.6) is 0 Å². The zero-order chi connectivity index (χ0) is 22.5. The van der Waals surface area contributed by atoms with Gasteiger partial charge in [0.05, 0.1) is 6.54 Å². The molecule has 3 amide bonds. The maximum absolute atomic E-state index is 13.5. The summed E-state index contributed by atoms with van der Waals surface area (Å²) in [6, 6.07) is 14.6. The minimum absolute atomic E-state index is 0.273. The van der Waals surface area contributed by atoms with Gasteiger partial charge in [-0.1, -0.05) is 30.3 Å². The average molecular weight is 428 g/mol. The van der Waals surface area contributed by atoms with Gasteiger partial charge in [0.2, 0.25) is 0 Å². The Bertz CT molecular complexity index is 1250. The molecule has 1 fully saturated rings. The van der Waals surface area contributed by atoms with E-state index in [1.807, 2.05) is 60.9 Å². The minimum Gasteiger partial charge on any atom is -0.319 e. The highest BCUT2D eigenvalue weighted by Gasteiger charge is 2.54. The van der Waals surface area contributed by atoms with Crippen LogP contribution in [-0.2, 0) is 16.8 Å². The van der Waals surface area contributed by atoms with E-state index in [9.17, 15) is 14.4 Å². The first kappa shape index (κ1) is 20.2. The van der Waals surface area contributed by atoms with Crippen LogP contribution in [0.15, 0.2) is 54.7 Å². The summed E-state index contributed by atoms with van der Waals surface area (Å²) in [4.78, 5) is 45.0. The monoisotopic (exact) mass is 428 g/mol. The van der Waals surface area contributed by atoms with Crippen LogP contribution < -0.4 is 5.32 Å². The maximum atomic E-state index is 13.5. The van der Waals surface area contributed by atoms with Crippen molar-refractivity contribution in [2.45, 2.75) is 38.6 Å². The SMILES string of the molecule is Cc1cc(C(=O)CN2C(=O)N[C@]3(CCCc4ccccc43)C2=O)c(C)n1-c1ccccn1. The third-order valence-corrected chi connectivity index (χ3v) is 6.56. The number of urea groups is 1. The van der Waals surface area contributed by atoms with E-state index in [0.29, 0.717) is 17.8 Å². The summed E-state index contributed by atoms with van der Waals surface area (Å²) < 4.78 is 1.90. The van der Waals surface area contributed by atoms with Gasteiger partial charge in [0.25, 0.3) is 5.91 Å². The van der Waals surface area contributed by atoms with E-state index in [4.69, 9.17) is 0 Å². The molecule has 2 aliphatic rings. The number of benzene rings is 1. The number of nitrogens with one attached hydrogen (secondary N) is 1. The van der Waals surface area contributed by atoms with Crippen molar-refractivity contribution in [1.82, 2.24) is 19.8 Å². The zero-order valence-corrected chi connectivity index (χ0v) is 18.1. The molecular weight excluding hydrogens is 404 g/mol. The Morgan fingerprint density at radius 2 is 1.91 bits per heavy atom. The second kappa shape index (κ2) is 7.44. The fraction of sp³-hybridized carbons (Fsp3) is 0.280. The largest absolute Gasteiger partial charge is 0.325 e. The number of pyridine rings is 1. The molecule has 7 nitrogen and oxygen atoms in total. The Labute approximate surface area is 186 Å². The fourth-order valence-electron chi connectivity index (χ4n) is 5.07. The van der Waals surface area contributed by atoms with Gasteiger partial charge >= 0.3 is 6.03 Å². The molecule has 3 aromatic rings. The van der Waals surface area contributed by atoms with Crippen LogP contribution in [-0.4, -0.2) is 38.7 Å². The number of hydrogen-bond acceptors (Lipinski definition) is 4. The first-order chi connectivity index (χ1) is 15.4. The lowest BCUT2D eigenvalue weighted by molar-refractivity contribution is -0.131. The van der Waals surface area contributed by atoms with E-state index in [1.54, 1.807) is 12.3 Å². The Hall–Kier alpha value is -3.74. The first-order valence-electron chi connectivity index (χ1n) is 10.8. The number of ketones is 1. The maximum Gasteiger partial charge on any atom is 0.325 e. The quantitative estimate of drug-likeness (QED) is 0.510. The van der Waals surface area contributed by atoms with Gasteiger partial charge in [-0.05, 0) is 62.4 Å². The predicted octanol–water partition coefficient (Wildman–Crippen LogP) is 3.46. The molecule has 0 bridgehead atoms. The molecule has 1 aromatic carbocycles. The molecule has 1 N–H and O–H groups in total. The summed E-state index contributed by atoms with van der Waals surface area (Å²) in [6.45, 7) is 3.46. The van der Waals surface area contributed by atoms with Crippen molar-refractivity contribution in [2.24, 2.45) is 0 Å². The smallest absolute Gasteiger partial charge is 0.319 e. The van der Waals surface area contributed by atoms with Gasteiger partial charge in [0.15, 0.2) is 5.78 Å². The molecule has 0 radical (unpaired) electrons.